The number of ketones is 1. The van der Waals surface area contributed by atoms with Gasteiger partial charge in [-0.25, -0.2) is 0 Å². The summed E-state index contributed by atoms with van der Waals surface area (Å²) >= 11 is 1.60. The van der Waals surface area contributed by atoms with Crippen LogP contribution in [0, 0.1) is 0 Å². The molecule has 0 radical (unpaired) electrons. The lowest BCUT2D eigenvalue weighted by atomic mass is 10.0. The van der Waals surface area contributed by atoms with E-state index in [0.29, 0.717) is 17.6 Å². The molecular weight excluding hydrogens is 320 g/mol. The summed E-state index contributed by atoms with van der Waals surface area (Å²) in [6.45, 7) is 0.339. The molecule has 0 saturated carbocycles. The second-order valence-corrected chi connectivity index (χ2v) is 6.37. The summed E-state index contributed by atoms with van der Waals surface area (Å²) in [7, 11) is 0. The maximum Gasteiger partial charge on any atom is 0.298 e. The molecule has 0 atom stereocenters. The van der Waals surface area contributed by atoms with Gasteiger partial charge in [0, 0.05) is 25.7 Å². The summed E-state index contributed by atoms with van der Waals surface area (Å²) in [4.78, 5) is 23.7. The number of para-hydroxylation sites is 1. The van der Waals surface area contributed by atoms with Crippen LogP contribution in [0.15, 0.2) is 66.7 Å². The summed E-state index contributed by atoms with van der Waals surface area (Å²) in [5.41, 5.74) is 1.00. The van der Waals surface area contributed by atoms with E-state index < -0.39 is 0 Å². The Morgan fingerprint density at radius 2 is 1.54 bits per heavy atom. The second-order valence-electron chi connectivity index (χ2n) is 5.32. The van der Waals surface area contributed by atoms with Gasteiger partial charge in [0.15, 0.2) is 5.78 Å². The Bertz CT molecular complexity index is 1080. The van der Waals surface area contributed by atoms with E-state index in [2.05, 4.69) is 12.1 Å². The normalized spacial score (nSPS) is 10.8. The number of rotatable bonds is 4. The number of ether oxygens (including phenoxy) is 1. The fraction of sp³-hybridized carbons (Fsp3) is 0. The fourth-order valence-electron chi connectivity index (χ4n) is 2.88. The molecule has 3 aromatic carbocycles. The van der Waals surface area contributed by atoms with Crippen molar-refractivity contribution in [3.63, 3.8) is 0 Å². The van der Waals surface area contributed by atoms with Crippen LogP contribution in [-0.4, -0.2) is 12.3 Å². The van der Waals surface area contributed by atoms with Gasteiger partial charge in [0.1, 0.15) is 5.75 Å². The third-order valence-electron chi connectivity index (χ3n) is 3.96. The van der Waals surface area contributed by atoms with Crippen molar-refractivity contribution >= 4 is 43.8 Å². The molecule has 1 aromatic heterocycles. The summed E-state index contributed by atoms with van der Waals surface area (Å²) in [6.07, 6.45) is 0. The first-order chi connectivity index (χ1) is 11.8. The lowest BCUT2D eigenvalue weighted by molar-refractivity contribution is -0.120. The molecule has 4 rings (SSSR count). The molecule has 0 aliphatic heterocycles. The van der Waals surface area contributed by atoms with Gasteiger partial charge in [0.25, 0.3) is 6.47 Å². The van der Waals surface area contributed by atoms with Gasteiger partial charge in [-0.05, 0) is 24.3 Å². The van der Waals surface area contributed by atoms with E-state index in [9.17, 15) is 9.59 Å². The van der Waals surface area contributed by atoms with E-state index in [0.717, 1.165) is 20.2 Å². The Kier molecular flexibility index (Phi) is 3.59. The first-order valence-corrected chi connectivity index (χ1v) is 8.25. The molecule has 24 heavy (non-hydrogen) atoms. The number of hydrogen-bond donors (Lipinski definition) is 0. The predicted octanol–water partition coefficient (Wildman–Crippen LogP) is 4.82. The van der Waals surface area contributed by atoms with Crippen LogP contribution in [0.1, 0.15) is 15.9 Å². The van der Waals surface area contributed by atoms with Gasteiger partial charge in [-0.1, -0.05) is 42.5 Å². The SMILES string of the molecule is O=COc1ccccc1C(=O)c1cccc2c1sc1ccccc12. The lowest BCUT2D eigenvalue weighted by Gasteiger charge is -2.07. The minimum Gasteiger partial charge on any atom is -0.428 e. The number of hydrogen-bond acceptors (Lipinski definition) is 4. The fourth-order valence-corrected chi connectivity index (χ4v) is 4.09. The van der Waals surface area contributed by atoms with Gasteiger partial charge < -0.3 is 4.74 Å². The molecule has 0 spiro atoms. The van der Waals surface area contributed by atoms with Gasteiger partial charge in [-0.3, -0.25) is 9.59 Å². The average molecular weight is 332 g/mol. The monoisotopic (exact) mass is 332 g/mol. The highest BCUT2D eigenvalue weighted by Gasteiger charge is 2.18. The summed E-state index contributed by atoms with van der Waals surface area (Å²) < 4.78 is 7.05. The van der Waals surface area contributed by atoms with Gasteiger partial charge in [-0.2, -0.15) is 0 Å². The standard InChI is InChI=1S/C20H12O3S/c21-12-23-17-10-3-1-7-15(17)19(22)16-9-5-8-14-13-6-2-4-11-18(13)24-20(14)16/h1-12H. The highest BCUT2D eigenvalue weighted by atomic mass is 32.1. The molecule has 3 nitrogen and oxygen atoms in total. The lowest BCUT2D eigenvalue weighted by Crippen LogP contribution is -2.04. The highest BCUT2D eigenvalue weighted by molar-refractivity contribution is 7.26. The van der Waals surface area contributed by atoms with Crippen LogP contribution in [0.25, 0.3) is 20.2 Å². The molecule has 0 aliphatic carbocycles. The number of carbonyl (C=O) groups excluding carboxylic acids is 2. The Balaban J connectivity index is 1.94. The highest BCUT2D eigenvalue weighted by Crippen LogP contribution is 2.37. The number of fused-ring (bicyclic) bond motifs is 3. The molecule has 0 unspecified atom stereocenters. The van der Waals surface area contributed by atoms with E-state index in [1.807, 2.05) is 30.3 Å². The predicted molar refractivity (Wildman–Crippen MR) is 95.9 cm³/mol. The van der Waals surface area contributed by atoms with Gasteiger partial charge in [0.2, 0.25) is 0 Å². The van der Waals surface area contributed by atoms with Crippen molar-refractivity contribution in [2.45, 2.75) is 0 Å². The molecule has 0 fully saturated rings. The van der Waals surface area contributed by atoms with Crippen LogP contribution < -0.4 is 4.74 Å². The van der Waals surface area contributed by atoms with Crippen molar-refractivity contribution in [3.05, 3.63) is 77.9 Å². The molecule has 0 N–H and O–H groups in total. The van der Waals surface area contributed by atoms with Crippen LogP contribution in [0.2, 0.25) is 0 Å². The Morgan fingerprint density at radius 1 is 0.833 bits per heavy atom. The van der Waals surface area contributed by atoms with Crippen LogP contribution in [0.4, 0.5) is 0 Å². The topological polar surface area (TPSA) is 43.4 Å². The summed E-state index contributed by atoms with van der Waals surface area (Å²) in [6, 6.07) is 20.6. The number of thiophene rings is 1. The molecule has 116 valence electrons. The quantitative estimate of drug-likeness (QED) is 0.397. The average Bonchev–Trinajstić information content (AvgIpc) is 3.01. The van der Waals surface area contributed by atoms with E-state index in [4.69, 9.17) is 4.74 Å². The molecule has 0 aliphatic rings. The van der Waals surface area contributed by atoms with Crippen molar-refractivity contribution in [2.24, 2.45) is 0 Å². The van der Waals surface area contributed by atoms with Crippen molar-refractivity contribution in [1.29, 1.82) is 0 Å². The minimum absolute atomic E-state index is 0.149. The number of benzene rings is 3. The first-order valence-electron chi connectivity index (χ1n) is 7.44. The Labute approximate surface area is 142 Å². The van der Waals surface area contributed by atoms with E-state index in [1.165, 1.54) is 0 Å². The third-order valence-corrected chi connectivity index (χ3v) is 5.18. The second kappa shape index (κ2) is 5.91. The van der Waals surface area contributed by atoms with Gasteiger partial charge in [0.05, 0.1) is 5.56 Å². The van der Waals surface area contributed by atoms with Crippen molar-refractivity contribution in [2.75, 3.05) is 0 Å². The smallest absolute Gasteiger partial charge is 0.298 e. The zero-order valence-electron chi connectivity index (χ0n) is 12.6. The van der Waals surface area contributed by atoms with Crippen LogP contribution in [0.3, 0.4) is 0 Å². The zero-order chi connectivity index (χ0) is 16.5. The van der Waals surface area contributed by atoms with E-state index in [-0.39, 0.29) is 11.5 Å². The van der Waals surface area contributed by atoms with E-state index in [1.54, 1.807) is 35.6 Å². The molecule has 0 saturated heterocycles. The Hall–Kier alpha value is -2.98. The van der Waals surface area contributed by atoms with E-state index >= 15 is 0 Å². The maximum atomic E-state index is 13.0. The van der Waals surface area contributed by atoms with Crippen molar-refractivity contribution < 1.29 is 14.3 Å². The maximum absolute atomic E-state index is 13.0. The van der Waals surface area contributed by atoms with Crippen LogP contribution in [0.5, 0.6) is 5.75 Å². The molecule has 4 aromatic rings. The molecule has 0 bridgehead atoms. The largest absolute Gasteiger partial charge is 0.428 e. The van der Waals surface area contributed by atoms with Gasteiger partial charge >= 0.3 is 0 Å². The molecule has 1 heterocycles. The Morgan fingerprint density at radius 3 is 2.42 bits per heavy atom. The first kappa shape index (κ1) is 14.6. The summed E-state index contributed by atoms with van der Waals surface area (Å²) in [5, 5.41) is 2.21. The third kappa shape index (κ3) is 2.28. The van der Waals surface area contributed by atoms with Gasteiger partial charge in [-0.15, -0.1) is 11.3 Å². The van der Waals surface area contributed by atoms with Crippen LogP contribution in [-0.2, 0) is 4.79 Å². The van der Waals surface area contributed by atoms with Crippen molar-refractivity contribution in [1.82, 2.24) is 0 Å². The van der Waals surface area contributed by atoms with Crippen molar-refractivity contribution in [3.8, 4) is 5.75 Å². The zero-order valence-corrected chi connectivity index (χ0v) is 13.4. The minimum atomic E-state index is -0.149. The summed E-state index contributed by atoms with van der Waals surface area (Å²) in [5.74, 6) is 0.125. The molecule has 0 amide bonds. The number of carbonyl (C=O) groups is 2. The molecular formula is C20H12O3S. The molecule has 4 heteroatoms. The van der Waals surface area contributed by atoms with Crippen LogP contribution >= 0.6 is 11.3 Å².